The number of hydrogen-bond acceptors (Lipinski definition) is 4. The largest absolute Gasteiger partial charge is 0.468 e. The normalized spacial score (nSPS) is 25.0. The maximum Gasteiger partial charge on any atom is 0.322 e. The quantitative estimate of drug-likeness (QED) is 0.746. The van der Waals surface area contributed by atoms with Gasteiger partial charge in [-0.05, 0) is 50.6 Å². The van der Waals surface area contributed by atoms with E-state index >= 15 is 0 Å². The van der Waals surface area contributed by atoms with Crippen molar-refractivity contribution in [3.8, 4) is 0 Å². The fourth-order valence-corrected chi connectivity index (χ4v) is 2.64. The van der Waals surface area contributed by atoms with Crippen molar-refractivity contribution >= 4 is 5.97 Å². The maximum absolute atomic E-state index is 11.7. The zero-order valence-corrected chi connectivity index (χ0v) is 12.6. The van der Waals surface area contributed by atoms with Gasteiger partial charge >= 0.3 is 5.97 Å². The Morgan fingerprint density at radius 3 is 2.53 bits per heavy atom. The van der Waals surface area contributed by atoms with Gasteiger partial charge in [-0.15, -0.1) is 0 Å². The van der Waals surface area contributed by atoms with E-state index in [0.717, 1.165) is 26.1 Å². The molecule has 0 aromatic rings. The molecule has 2 fully saturated rings. The molecule has 0 aromatic heterocycles. The second-order valence-electron chi connectivity index (χ2n) is 6.81. The van der Waals surface area contributed by atoms with E-state index in [-0.39, 0.29) is 12.0 Å². The van der Waals surface area contributed by atoms with Crippen molar-refractivity contribution in [2.45, 2.75) is 58.0 Å². The number of ether oxygens (including phenoxy) is 1. The van der Waals surface area contributed by atoms with Gasteiger partial charge in [0, 0.05) is 12.6 Å². The van der Waals surface area contributed by atoms with Crippen molar-refractivity contribution < 1.29 is 9.53 Å². The predicted molar refractivity (Wildman–Crippen MR) is 76.0 cm³/mol. The number of likely N-dealkylation sites (tertiary alicyclic amines) is 1. The Kier molecular flexibility index (Phi) is 4.85. The molecule has 1 aliphatic heterocycles. The highest BCUT2D eigenvalue weighted by Gasteiger charge is 2.30. The average molecular weight is 268 g/mol. The minimum Gasteiger partial charge on any atom is -0.468 e. The highest BCUT2D eigenvalue weighted by molar-refractivity contribution is 5.75. The van der Waals surface area contributed by atoms with Crippen molar-refractivity contribution in [1.82, 2.24) is 10.2 Å². The van der Waals surface area contributed by atoms with Crippen molar-refractivity contribution in [2.75, 3.05) is 26.7 Å². The second kappa shape index (κ2) is 6.23. The molecule has 2 rings (SSSR count). The molecule has 1 unspecified atom stereocenters. The lowest BCUT2D eigenvalue weighted by Gasteiger charge is -2.37. The zero-order valence-electron chi connectivity index (χ0n) is 12.6. The topological polar surface area (TPSA) is 41.6 Å². The fourth-order valence-electron chi connectivity index (χ4n) is 2.64. The molecule has 19 heavy (non-hydrogen) atoms. The van der Waals surface area contributed by atoms with Crippen LogP contribution in [0.3, 0.4) is 0 Å². The minimum absolute atomic E-state index is 0.107. The van der Waals surface area contributed by atoms with Crippen LogP contribution in [-0.4, -0.2) is 49.7 Å². The summed E-state index contributed by atoms with van der Waals surface area (Å²) in [6, 6.07) is 0.428. The number of carbonyl (C=O) groups is 1. The Balaban J connectivity index is 1.73. The van der Waals surface area contributed by atoms with Crippen LogP contribution < -0.4 is 5.32 Å². The zero-order chi connectivity index (χ0) is 13.9. The molecule has 0 radical (unpaired) electrons. The molecule has 0 spiro atoms. The van der Waals surface area contributed by atoms with E-state index in [1.807, 2.05) is 0 Å². The van der Waals surface area contributed by atoms with Crippen LogP contribution in [0.5, 0.6) is 0 Å². The number of carbonyl (C=O) groups excluding carboxylic acids is 1. The third-order valence-corrected chi connectivity index (χ3v) is 4.44. The van der Waals surface area contributed by atoms with E-state index in [1.165, 1.54) is 32.8 Å². The highest BCUT2D eigenvalue weighted by atomic mass is 16.5. The lowest BCUT2D eigenvalue weighted by Crippen LogP contribution is -2.44. The van der Waals surface area contributed by atoms with Crippen molar-refractivity contribution in [3.63, 3.8) is 0 Å². The van der Waals surface area contributed by atoms with E-state index < -0.39 is 0 Å². The van der Waals surface area contributed by atoms with E-state index in [0.29, 0.717) is 11.5 Å². The third kappa shape index (κ3) is 4.77. The number of methoxy groups -OCH3 is 1. The molecule has 4 nitrogen and oxygen atoms in total. The number of rotatable bonds is 6. The van der Waals surface area contributed by atoms with Gasteiger partial charge in [0.15, 0.2) is 0 Å². The SMILES string of the molecule is COC(=O)C(CCN1CCC(C)(C)CC1)NC1CC1. The number of nitrogens with one attached hydrogen (secondary N) is 1. The van der Waals surface area contributed by atoms with E-state index in [9.17, 15) is 4.79 Å². The molecule has 1 aliphatic carbocycles. The lowest BCUT2D eigenvalue weighted by atomic mass is 9.82. The van der Waals surface area contributed by atoms with Gasteiger partial charge in [0.25, 0.3) is 0 Å². The molecular weight excluding hydrogens is 240 g/mol. The summed E-state index contributed by atoms with van der Waals surface area (Å²) in [7, 11) is 1.48. The Morgan fingerprint density at radius 2 is 2.00 bits per heavy atom. The number of nitrogens with zero attached hydrogens (tertiary/aromatic N) is 1. The van der Waals surface area contributed by atoms with Gasteiger partial charge in [0.1, 0.15) is 6.04 Å². The number of hydrogen-bond donors (Lipinski definition) is 1. The van der Waals surface area contributed by atoms with E-state index in [4.69, 9.17) is 4.74 Å². The van der Waals surface area contributed by atoms with Crippen LogP contribution in [0.25, 0.3) is 0 Å². The summed E-state index contributed by atoms with van der Waals surface area (Å²) in [6.07, 6.45) is 5.78. The van der Waals surface area contributed by atoms with Crippen molar-refractivity contribution in [3.05, 3.63) is 0 Å². The Labute approximate surface area is 116 Å². The molecular formula is C15H28N2O2. The Hall–Kier alpha value is -0.610. The van der Waals surface area contributed by atoms with Gasteiger partial charge in [-0.3, -0.25) is 4.79 Å². The first-order valence-corrected chi connectivity index (χ1v) is 7.56. The number of piperidine rings is 1. The first-order chi connectivity index (χ1) is 9.00. The van der Waals surface area contributed by atoms with Crippen molar-refractivity contribution in [1.29, 1.82) is 0 Å². The molecule has 1 heterocycles. The highest BCUT2D eigenvalue weighted by Crippen LogP contribution is 2.29. The summed E-state index contributed by atoms with van der Waals surface area (Å²) in [5, 5.41) is 3.40. The van der Waals surface area contributed by atoms with Gasteiger partial charge < -0.3 is 15.0 Å². The third-order valence-electron chi connectivity index (χ3n) is 4.44. The van der Waals surface area contributed by atoms with Crippen molar-refractivity contribution in [2.24, 2.45) is 5.41 Å². The summed E-state index contributed by atoms with van der Waals surface area (Å²) < 4.78 is 4.89. The molecule has 2 aliphatic rings. The van der Waals surface area contributed by atoms with Gasteiger partial charge in [0.05, 0.1) is 7.11 Å². The molecule has 1 N–H and O–H groups in total. The fraction of sp³-hybridized carbons (Fsp3) is 0.933. The average Bonchev–Trinajstić information content (AvgIpc) is 3.19. The summed E-state index contributed by atoms with van der Waals surface area (Å²) in [5.74, 6) is -0.107. The van der Waals surface area contributed by atoms with Crippen LogP contribution in [0.15, 0.2) is 0 Å². The van der Waals surface area contributed by atoms with Gasteiger partial charge in [-0.1, -0.05) is 13.8 Å². The molecule has 1 atom stereocenters. The lowest BCUT2D eigenvalue weighted by molar-refractivity contribution is -0.143. The van der Waals surface area contributed by atoms with Crippen LogP contribution in [0.2, 0.25) is 0 Å². The van der Waals surface area contributed by atoms with Gasteiger partial charge in [-0.2, -0.15) is 0 Å². The summed E-state index contributed by atoms with van der Waals surface area (Å²) in [6.45, 7) is 8.00. The maximum atomic E-state index is 11.7. The molecule has 0 bridgehead atoms. The van der Waals surface area contributed by atoms with Crippen LogP contribution in [0.1, 0.15) is 46.0 Å². The summed E-state index contributed by atoms with van der Waals surface area (Å²) in [4.78, 5) is 14.2. The van der Waals surface area contributed by atoms with Crippen LogP contribution in [0, 0.1) is 5.41 Å². The molecule has 0 amide bonds. The van der Waals surface area contributed by atoms with Gasteiger partial charge in [-0.25, -0.2) is 0 Å². The second-order valence-corrected chi connectivity index (χ2v) is 6.81. The minimum atomic E-state index is -0.118. The van der Waals surface area contributed by atoms with Crippen LogP contribution >= 0.6 is 0 Å². The summed E-state index contributed by atoms with van der Waals surface area (Å²) >= 11 is 0. The van der Waals surface area contributed by atoms with E-state index in [2.05, 4.69) is 24.1 Å². The molecule has 4 heteroatoms. The van der Waals surface area contributed by atoms with Crippen LogP contribution in [0.4, 0.5) is 0 Å². The first kappa shape index (κ1) is 14.8. The Morgan fingerprint density at radius 1 is 1.37 bits per heavy atom. The molecule has 0 aromatic carbocycles. The monoisotopic (exact) mass is 268 g/mol. The Bertz CT molecular complexity index is 303. The smallest absolute Gasteiger partial charge is 0.322 e. The first-order valence-electron chi connectivity index (χ1n) is 7.56. The molecule has 110 valence electrons. The molecule has 1 saturated carbocycles. The van der Waals surface area contributed by atoms with Crippen LogP contribution in [-0.2, 0) is 9.53 Å². The summed E-state index contributed by atoms with van der Waals surface area (Å²) in [5.41, 5.74) is 0.491. The predicted octanol–water partition coefficient (Wildman–Crippen LogP) is 1.79. The van der Waals surface area contributed by atoms with E-state index in [1.54, 1.807) is 0 Å². The standard InChI is InChI=1S/C15H28N2O2/c1-15(2)7-10-17(11-8-15)9-6-13(14(18)19-3)16-12-4-5-12/h12-13,16H,4-11H2,1-3H3. The van der Waals surface area contributed by atoms with Gasteiger partial charge in [0.2, 0.25) is 0 Å². The molecule has 1 saturated heterocycles. The number of esters is 1.